The summed E-state index contributed by atoms with van der Waals surface area (Å²) in [5.41, 5.74) is 6.25. The second-order valence-corrected chi connectivity index (χ2v) is 7.40. The second kappa shape index (κ2) is 5.27. The van der Waals surface area contributed by atoms with E-state index in [-0.39, 0.29) is 0 Å². The number of rotatable bonds is 3. The monoisotopic (exact) mass is 238 g/mol. The summed E-state index contributed by atoms with van der Waals surface area (Å²) in [6, 6.07) is 0. The molecule has 1 saturated carbocycles. The van der Waals surface area contributed by atoms with Crippen molar-refractivity contribution in [1.29, 1.82) is 0 Å². The van der Waals surface area contributed by atoms with E-state index in [1.165, 1.54) is 45.3 Å². The van der Waals surface area contributed by atoms with Crippen molar-refractivity contribution in [2.45, 2.75) is 46.5 Å². The molecular formula is C15H30N2. The summed E-state index contributed by atoms with van der Waals surface area (Å²) in [5.74, 6) is 2.70. The average Bonchev–Trinajstić information content (AvgIpc) is 2.22. The fourth-order valence-corrected chi connectivity index (χ4v) is 3.28. The number of likely N-dealkylation sites (tertiary alicyclic amines) is 1. The minimum Gasteiger partial charge on any atom is -0.330 e. The summed E-state index contributed by atoms with van der Waals surface area (Å²) in [5, 5.41) is 0. The highest BCUT2D eigenvalue weighted by atomic mass is 15.2. The van der Waals surface area contributed by atoms with Crippen LogP contribution < -0.4 is 5.73 Å². The van der Waals surface area contributed by atoms with E-state index >= 15 is 0 Å². The number of hydrogen-bond donors (Lipinski definition) is 1. The first kappa shape index (κ1) is 13.4. The van der Waals surface area contributed by atoms with Crippen LogP contribution >= 0.6 is 0 Å². The van der Waals surface area contributed by atoms with Gasteiger partial charge in [-0.3, -0.25) is 0 Å². The van der Waals surface area contributed by atoms with E-state index in [2.05, 4.69) is 25.7 Å². The summed E-state index contributed by atoms with van der Waals surface area (Å²) >= 11 is 0. The van der Waals surface area contributed by atoms with Crippen LogP contribution in [0.25, 0.3) is 0 Å². The third-order valence-corrected chi connectivity index (χ3v) is 5.00. The predicted molar refractivity (Wildman–Crippen MR) is 73.9 cm³/mol. The van der Waals surface area contributed by atoms with Crippen molar-refractivity contribution in [2.24, 2.45) is 28.9 Å². The summed E-state index contributed by atoms with van der Waals surface area (Å²) in [7, 11) is 0. The van der Waals surface area contributed by atoms with Crippen LogP contribution in [0.4, 0.5) is 0 Å². The molecule has 0 bridgehead atoms. The maximum atomic E-state index is 5.74. The molecule has 1 aliphatic carbocycles. The Morgan fingerprint density at radius 2 is 1.53 bits per heavy atom. The van der Waals surface area contributed by atoms with Crippen molar-refractivity contribution in [3.8, 4) is 0 Å². The third kappa shape index (κ3) is 3.45. The number of nitrogens with zero attached hydrogens (tertiary/aromatic N) is 1. The summed E-state index contributed by atoms with van der Waals surface area (Å²) in [4.78, 5) is 2.67. The van der Waals surface area contributed by atoms with Crippen LogP contribution in [0.2, 0.25) is 0 Å². The molecule has 2 rings (SSSR count). The number of nitrogens with two attached hydrogens (primary N) is 1. The highest BCUT2D eigenvalue weighted by Crippen LogP contribution is 2.36. The Kier molecular flexibility index (Phi) is 4.14. The van der Waals surface area contributed by atoms with E-state index in [9.17, 15) is 0 Å². The van der Waals surface area contributed by atoms with Crippen LogP contribution in [0.1, 0.15) is 46.5 Å². The van der Waals surface area contributed by atoms with E-state index in [1.54, 1.807) is 0 Å². The van der Waals surface area contributed by atoms with Gasteiger partial charge in [-0.25, -0.2) is 0 Å². The SMILES string of the molecule is CC(C)(C)C1CN(CC2CCC(CN)CC2)C1. The molecule has 0 amide bonds. The topological polar surface area (TPSA) is 29.3 Å². The second-order valence-electron chi connectivity index (χ2n) is 7.40. The molecule has 0 atom stereocenters. The fraction of sp³-hybridized carbons (Fsp3) is 1.00. The van der Waals surface area contributed by atoms with Crippen molar-refractivity contribution in [2.75, 3.05) is 26.2 Å². The molecule has 2 heteroatoms. The lowest BCUT2D eigenvalue weighted by molar-refractivity contribution is 0.00838. The first-order valence-corrected chi connectivity index (χ1v) is 7.41. The van der Waals surface area contributed by atoms with E-state index in [1.807, 2.05) is 0 Å². The zero-order valence-electron chi connectivity index (χ0n) is 11.9. The molecule has 0 aromatic heterocycles. The maximum Gasteiger partial charge on any atom is 0.00272 e. The molecule has 1 aliphatic heterocycles. The molecule has 1 saturated heterocycles. The molecule has 17 heavy (non-hydrogen) atoms. The van der Waals surface area contributed by atoms with Crippen molar-refractivity contribution >= 4 is 0 Å². The summed E-state index contributed by atoms with van der Waals surface area (Å²) in [6.07, 6.45) is 5.58. The molecule has 2 N–H and O–H groups in total. The lowest BCUT2D eigenvalue weighted by Gasteiger charge is -2.48. The normalized spacial score (nSPS) is 32.5. The van der Waals surface area contributed by atoms with Crippen LogP contribution in [0.3, 0.4) is 0 Å². The van der Waals surface area contributed by atoms with Crippen LogP contribution in [0.15, 0.2) is 0 Å². The Balaban J connectivity index is 1.64. The van der Waals surface area contributed by atoms with E-state index in [0.29, 0.717) is 5.41 Å². The smallest absolute Gasteiger partial charge is 0.00272 e. The van der Waals surface area contributed by atoms with E-state index in [0.717, 1.165) is 24.3 Å². The minimum atomic E-state index is 0.508. The maximum absolute atomic E-state index is 5.74. The minimum absolute atomic E-state index is 0.508. The predicted octanol–water partition coefficient (Wildman–Crippen LogP) is 2.73. The van der Waals surface area contributed by atoms with Gasteiger partial charge in [0.1, 0.15) is 0 Å². The summed E-state index contributed by atoms with van der Waals surface area (Å²) < 4.78 is 0. The van der Waals surface area contributed by atoms with Crippen molar-refractivity contribution in [3.63, 3.8) is 0 Å². The first-order chi connectivity index (χ1) is 7.99. The van der Waals surface area contributed by atoms with Crippen molar-refractivity contribution in [1.82, 2.24) is 4.90 Å². The molecule has 1 heterocycles. The molecule has 0 aromatic carbocycles. The third-order valence-electron chi connectivity index (χ3n) is 5.00. The van der Waals surface area contributed by atoms with Gasteiger partial charge >= 0.3 is 0 Å². The number of hydrogen-bond acceptors (Lipinski definition) is 2. The molecule has 0 radical (unpaired) electrons. The largest absolute Gasteiger partial charge is 0.330 e. The van der Waals surface area contributed by atoms with Gasteiger partial charge in [0.15, 0.2) is 0 Å². The molecule has 0 spiro atoms. The van der Waals surface area contributed by atoms with Crippen molar-refractivity contribution < 1.29 is 0 Å². The molecule has 0 aromatic rings. The van der Waals surface area contributed by atoms with E-state index in [4.69, 9.17) is 5.73 Å². The standard InChI is InChI=1S/C15H30N2/c1-15(2,3)14-10-17(11-14)9-13-6-4-12(8-16)5-7-13/h12-14H,4-11,16H2,1-3H3. The Hall–Kier alpha value is -0.0800. The molecule has 2 fully saturated rings. The molecule has 0 unspecified atom stereocenters. The average molecular weight is 238 g/mol. The van der Waals surface area contributed by atoms with Gasteiger partial charge in [-0.05, 0) is 55.4 Å². The van der Waals surface area contributed by atoms with Gasteiger partial charge in [0.25, 0.3) is 0 Å². The zero-order chi connectivity index (χ0) is 12.5. The van der Waals surface area contributed by atoms with Gasteiger partial charge in [-0.1, -0.05) is 20.8 Å². The molecule has 2 aliphatic rings. The molecular weight excluding hydrogens is 208 g/mol. The van der Waals surface area contributed by atoms with E-state index < -0.39 is 0 Å². The Morgan fingerprint density at radius 1 is 1.00 bits per heavy atom. The van der Waals surface area contributed by atoms with Gasteiger partial charge in [0.2, 0.25) is 0 Å². The van der Waals surface area contributed by atoms with Gasteiger partial charge in [0.05, 0.1) is 0 Å². The van der Waals surface area contributed by atoms with Gasteiger partial charge in [-0.2, -0.15) is 0 Å². The zero-order valence-corrected chi connectivity index (χ0v) is 11.9. The summed E-state index contributed by atoms with van der Waals surface area (Å²) in [6.45, 7) is 12.1. The molecule has 2 nitrogen and oxygen atoms in total. The lowest BCUT2D eigenvalue weighted by atomic mass is 9.75. The lowest BCUT2D eigenvalue weighted by Crippen LogP contribution is -2.53. The molecule has 100 valence electrons. The van der Waals surface area contributed by atoms with Crippen LogP contribution in [0, 0.1) is 23.2 Å². The fourth-order valence-electron chi connectivity index (χ4n) is 3.28. The Labute approximate surface area is 107 Å². The van der Waals surface area contributed by atoms with Crippen LogP contribution in [-0.4, -0.2) is 31.1 Å². The van der Waals surface area contributed by atoms with Crippen LogP contribution in [-0.2, 0) is 0 Å². The van der Waals surface area contributed by atoms with Crippen LogP contribution in [0.5, 0.6) is 0 Å². The Bertz CT molecular complexity index is 230. The first-order valence-electron chi connectivity index (χ1n) is 7.41. The highest BCUT2D eigenvalue weighted by Gasteiger charge is 2.36. The van der Waals surface area contributed by atoms with Gasteiger partial charge < -0.3 is 10.6 Å². The highest BCUT2D eigenvalue weighted by molar-refractivity contribution is 4.89. The quantitative estimate of drug-likeness (QED) is 0.819. The van der Waals surface area contributed by atoms with Crippen molar-refractivity contribution in [3.05, 3.63) is 0 Å². The Morgan fingerprint density at radius 3 is 2.00 bits per heavy atom. The van der Waals surface area contributed by atoms with Gasteiger partial charge in [-0.15, -0.1) is 0 Å². The van der Waals surface area contributed by atoms with Gasteiger partial charge in [0, 0.05) is 19.6 Å².